The van der Waals surface area contributed by atoms with Gasteiger partial charge in [0, 0.05) is 13.3 Å². The van der Waals surface area contributed by atoms with Gasteiger partial charge in [-0.3, -0.25) is 4.79 Å². The fraction of sp³-hybridized carbons (Fsp3) is 0.591. The van der Waals surface area contributed by atoms with Gasteiger partial charge in [0.1, 0.15) is 6.10 Å². The van der Waals surface area contributed by atoms with Crippen molar-refractivity contribution in [3.05, 3.63) is 47.1 Å². The highest BCUT2D eigenvalue weighted by Gasteiger charge is 2.13. The number of hydrogen-bond acceptors (Lipinski definition) is 2. The zero-order valence-corrected chi connectivity index (χ0v) is 16.3. The van der Waals surface area contributed by atoms with Crippen molar-refractivity contribution >= 4 is 5.97 Å². The molecule has 134 valence electrons. The summed E-state index contributed by atoms with van der Waals surface area (Å²) in [5.74, 6) is 0.988. The van der Waals surface area contributed by atoms with Gasteiger partial charge in [0.2, 0.25) is 0 Å². The second-order valence-electron chi connectivity index (χ2n) is 7.41. The third-order valence-corrected chi connectivity index (χ3v) is 4.55. The van der Waals surface area contributed by atoms with Gasteiger partial charge < -0.3 is 4.74 Å². The molecule has 0 fully saturated rings. The molecule has 1 aliphatic carbocycles. The molecular weight excluding hydrogens is 296 g/mol. The van der Waals surface area contributed by atoms with E-state index < -0.39 is 0 Å². The molecule has 0 aliphatic heterocycles. The third-order valence-electron chi connectivity index (χ3n) is 4.55. The van der Waals surface area contributed by atoms with E-state index in [1.807, 2.05) is 0 Å². The molecule has 0 amide bonds. The minimum absolute atomic E-state index is 0.153. The summed E-state index contributed by atoms with van der Waals surface area (Å²) in [5, 5.41) is 0. The van der Waals surface area contributed by atoms with E-state index in [-0.39, 0.29) is 12.1 Å². The standard InChI is InChI=1S/C22H34O2/c1-16(2)21-12-10-17(3)8-7-9-18(4)14-22(24-20(6)23)15-19(5)11-13-21/h8-10,12,15-16,21-22H,7,11,13-14H2,1-6H3/b12-10+,17-8+,18-9+,19-15+/t21-,22+/m0/s1. The van der Waals surface area contributed by atoms with Crippen LogP contribution in [0.3, 0.4) is 0 Å². The predicted molar refractivity (Wildman–Crippen MR) is 103 cm³/mol. The van der Waals surface area contributed by atoms with E-state index >= 15 is 0 Å². The summed E-state index contributed by atoms with van der Waals surface area (Å²) in [7, 11) is 0. The van der Waals surface area contributed by atoms with Gasteiger partial charge in [0.15, 0.2) is 0 Å². The van der Waals surface area contributed by atoms with Gasteiger partial charge in [-0.05, 0) is 57.9 Å². The van der Waals surface area contributed by atoms with Crippen LogP contribution >= 0.6 is 0 Å². The quantitative estimate of drug-likeness (QED) is 0.448. The largest absolute Gasteiger partial charge is 0.458 e. The van der Waals surface area contributed by atoms with Gasteiger partial charge in [-0.15, -0.1) is 0 Å². The van der Waals surface area contributed by atoms with Crippen LogP contribution in [-0.4, -0.2) is 12.1 Å². The van der Waals surface area contributed by atoms with E-state index in [1.165, 1.54) is 23.6 Å². The van der Waals surface area contributed by atoms with Crippen LogP contribution in [0.1, 0.15) is 67.2 Å². The Bertz CT molecular complexity index is 532. The Hall–Kier alpha value is -1.57. The SMILES string of the molecule is CC(=O)O[C@H]1/C=C(\C)CC[C@@H](C(C)C)/C=C/C(C)=C/C/C=C(\C)C1. The number of rotatable bonds is 2. The number of esters is 1. The van der Waals surface area contributed by atoms with E-state index in [0.29, 0.717) is 11.8 Å². The molecule has 0 saturated heterocycles. The normalized spacial score (nSPS) is 31.7. The van der Waals surface area contributed by atoms with Crippen molar-refractivity contribution in [3.8, 4) is 0 Å². The van der Waals surface area contributed by atoms with Crippen LogP contribution in [0, 0.1) is 11.8 Å². The van der Waals surface area contributed by atoms with Crippen LogP contribution in [0.5, 0.6) is 0 Å². The van der Waals surface area contributed by atoms with Crippen LogP contribution in [0.15, 0.2) is 47.1 Å². The van der Waals surface area contributed by atoms with Crippen molar-refractivity contribution in [2.75, 3.05) is 0 Å². The van der Waals surface area contributed by atoms with E-state index in [4.69, 9.17) is 4.74 Å². The minimum atomic E-state index is -0.211. The maximum Gasteiger partial charge on any atom is 0.303 e. The average molecular weight is 331 g/mol. The monoisotopic (exact) mass is 330 g/mol. The Labute approximate surface area is 148 Å². The Kier molecular flexibility index (Phi) is 8.81. The van der Waals surface area contributed by atoms with E-state index in [9.17, 15) is 4.79 Å². The Morgan fingerprint density at radius 2 is 1.88 bits per heavy atom. The van der Waals surface area contributed by atoms with Gasteiger partial charge in [0.25, 0.3) is 0 Å². The average Bonchev–Trinajstić information content (AvgIpc) is 2.45. The Balaban J connectivity index is 3.04. The molecule has 0 unspecified atom stereocenters. The highest BCUT2D eigenvalue weighted by atomic mass is 16.5. The second kappa shape index (κ2) is 10.3. The summed E-state index contributed by atoms with van der Waals surface area (Å²) in [4.78, 5) is 11.4. The van der Waals surface area contributed by atoms with E-state index in [1.54, 1.807) is 0 Å². The van der Waals surface area contributed by atoms with Gasteiger partial charge >= 0.3 is 5.97 Å². The third kappa shape index (κ3) is 8.33. The zero-order valence-electron chi connectivity index (χ0n) is 16.3. The van der Waals surface area contributed by atoms with Crippen molar-refractivity contribution in [1.29, 1.82) is 0 Å². The first-order valence-corrected chi connectivity index (χ1v) is 9.13. The van der Waals surface area contributed by atoms with Crippen LogP contribution in [0.2, 0.25) is 0 Å². The zero-order chi connectivity index (χ0) is 18.1. The smallest absolute Gasteiger partial charge is 0.303 e. The summed E-state index contributed by atoms with van der Waals surface area (Å²) in [6, 6.07) is 0. The summed E-state index contributed by atoms with van der Waals surface area (Å²) < 4.78 is 5.50. The van der Waals surface area contributed by atoms with Crippen LogP contribution < -0.4 is 0 Å². The lowest BCUT2D eigenvalue weighted by Gasteiger charge is -2.19. The van der Waals surface area contributed by atoms with Crippen molar-refractivity contribution in [3.63, 3.8) is 0 Å². The number of hydrogen-bond donors (Lipinski definition) is 0. The van der Waals surface area contributed by atoms with Crippen LogP contribution in [-0.2, 0) is 9.53 Å². The van der Waals surface area contributed by atoms with Gasteiger partial charge in [-0.2, -0.15) is 0 Å². The number of allylic oxidation sites excluding steroid dienone is 6. The second-order valence-corrected chi connectivity index (χ2v) is 7.41. The Morgan fingerprint density at radius 3 is 2.50 bits per heavy atom. The fourth-order valence-corrected chi connectivity index (χ4v) is 2.98. The molecule has 2 heteroatoms. The van der Waals surface area contributed by atoms with Crippen LogP contribution in [0.4, 0.5) is 0 Å². The van der Waals surface area contributed by atoms with E-state index in [2.05, 4.69) is 65.0 Å². The van der Waals surface area contributed by atoms with Crippen LogP contribution in [0.25, 0.3) is 0 Å². The first-order valence-electron chi connectivity index (χ1n) is 9.13. The number of ether oxygens (including phenoxy) is 1. The molecule has 24 heavy (non-hydrogen) atoms. The van der Waals surface area contributed by atoms with Crippen molar-refractivity contribution < 1.29 is 9.53 Å². The molecule has 2 nitrogen and oxygen atoms in total. The molecule has 0 spiro atoms. The molecule has 1 rings (SSSR count). The summed E-state index contributed by atoms with van der Waals surface area (Å²) >= 11 is 0. The maximum absolute atomic E-state index is 11.4. The summed E-state index contributed by atoms with van der Waals surface area (Å²) in [5.41, 5.74) is 3.87. The van der Waals surface area contributed by atoms with Gasteiger partial charge in [-0.25, -0.2) is 0 Å². The summed E-state index contributed by atoms with van der Waals surface area (Å²) in [6.07, 6.45) is 14.9. The first kappa shape index (κ1) is 20.5. The first-order chi connectivity index (χ1) is 11.3. The molecule has 0 aromatic carbocycles. The lowest BCUT2D eigenvalue weighted by atomic mass is 9.88. The Morgan fingerprint density at radius 1 is 1.17 bits per heavy atom. The molecule has 0 heterocycles. The number of carbonyl (C=O) groups excluding carboxylic acids is 1. The highest BCUT2D eigenvalue weighted by Crippen LogP contribution is 2.23. The molecule has 0 aromatic rings. The highest BCUT2D eigenvalue weighted by molar-refractivity contribution is 5.66. The molecule has 2 atom stereocenters. The molecule has 0 radical (unpaired) electrons. The van der Waals surface area contributed by atoms with Gasteiger partial charge in [-0.1, -0.05) is 54.9 Å². The van der Waals surface area contributed by atoms with E-state index in [0.717, 1.165) is 25.7 Å². The summed E-state index contributed by atoms with van der Waals surface area (Å²) in [6.45, 7) is 12.5. The molecule has 0 saturated carbocycles. The lowest BCUT2D eigenvalue weighted by Crippen LogP contribution is -2.15. The van der Waals surface area contributed by atoms with Crippen molar-refractivity contribution in [2.24, 2.45) is 11.8 Å². The molecular formula is C22H34O2. The van der Waals surface area contributed by atoms with Crippen molar-refractivity contribution in [2.45, 2.75) is 73.3 Å². The van der Waals surface area contributed by atoms with Gasteiger partial charge in [0.05, 0.1) is 0 Å². The minimum Gasteiger partial charge on any atom is -0.458 e. The molecule has 0 aromatic heterocycles. The molecule has 0 N–H and O–H groups in total. The molecule has 0 bridgehead atoms. The lowest BCUT2D eigenvalue weighted by molar-refractivity contribution is -0.144. The molecule has 1 aliphatic rings. The fourth-order valence-electron chi connectivity index (χ4n) is 2.98. The van der Waals surface area contributed by atoms with Crippen molar-refractivity contribution in [1.82, 2.24) is 0 Å². The maximum atomic E-state index is 11.4. The predicted octanol–water partition coefficient (Wildman–Crippen LogP) is 6.16. The number of carbonyl (C=O) groups is 1. The topological polar surface area (TPSA) is 26.3 Å².